The molecular formula is C14H22N2O2S. The third-order valence-corrected chi connectivity index (χ3v) is 4.55. The van der Waals surface area contributed by atoms with E-state index in [1.54, 1.807) is 23.3 Å². The van der Waals surface area contributed by atoms with Crippen LogP contribution in [0.25, 0.3) is 0 Å². The molecule has 2 N–H and O–H groups in total. The number of hydrogen-bond acceptors (Lipinski definition) is 3. The fraction of sp³-hybridized carbons (Fsp3) is 0.643. The number of rotatable bonds is 6. The van der Waals surface area contributed by atoms with Crippen LogP contribution in [0.2, 0.25) is 0 Å². The van der Waals surface area contributed by atoms with Gasteiger partial charge in [-0.25, -0.2) is 4.79 Å². The summed E-state index contributed by atoms with van der Waals surface area (Å²) in [6.07, 6.45) is 2.66. The van der Waals surface area contributed by atoms with Crippen LogP contribution in [-0.2, 0) is 0 Å². The molecule has 0 aromatic carbocycles. The second-order valence-corrected chi connectivity index (χ2v) is 6.19. The van der Waals surface area contributed by atoms with Gasteiger partial charge in [0.15, 0.2) is 0 Å². The highest BCUT2D eigenvalue weighted by molar-refractivity contribution is 7.10. The number of nitrogens with zero attached hydrogens (tertiary/aromatic N) is 1. The van der Waals surface area contributed by atoms with Crippen molar-refractivity contribution in [3.05, 3.63) is 22.4 Å². The van der Waals surface area contributed by atoms with Crippen LogP contribution >= 0.6 is 11.3 Å². The van der Waals surface area contributed by atoms with Crippen molar-refractivity contribution in [2.24, 2.45) is 5.92 Å². The molecule has 2 rings (SSSR count). The molecule has 19 heavy (non-hydrogen) atoms. The highest BCUT2D eigenvalue weighted by Gasteiger charge is 2.31. The van der Waals surface area contributed by atoms with Gasteiger partial charge in [-0.15, -0.1) is 11.3 Å². The zero-order valence-corrected chi connectivity index (χ0v) is 12.3. The average molecular weight is 282 g/mol. The Morgan fingerprint density at radius 1 is 1.63 bits per heavy atom. The molecule has 1 aromatic heterocycles. The predicted octanol–water partition coefficient (Wildman–Crippen LogP) is 2.61. The maximum atomic E-state index is 12.1. The minimum atomic E-state index is -0.377. The SMILES string of the molecule is CCC(NC(=O)N(C)CC(O)C1CC1)c1cccs1. The van der Waals surface area contributed by atoms with Crippen LogP contribution in [0.15, 0.2) is 17.5 Å². The molecule has 5 heteroatoms. The molecule has 1 saturated carbocycles. The van der Waals surface area contributed by atoms with Gasteiger partial charge in [-0.1, -0.05) is 13.0 Å². The van der Waals surface area contributed by atoms with Crippen LogP contribution in [0.3, 0.4) is 0 Å². The lowest BCUT2D eigenvalue weighted by molar-refractivity contribution is 0.112. The van der Waals surface area contributed by atoms with Crippen molar-refractivity contribution in [2.75, 3.05) is 13.6 Å². The average Bonchev–Trinajstić information content (AvgIpc) is 3.12. The molecule has 1 aromatic rings. The second-order valence-electron chi connectivity index (χ2n) is 5.21. The molecule has 2 amide bonds. The van der Waals surface area contributed by atoms with Crippen molar-refractivity contribution in [3.8, 4) is 0 Å². The molecule has 2 unspecified atom stereocenters. The van der Waals surface area contributed by atoms with Crippen molar-refractivity contribution in [2.45, 2.75) is 38.3 Å². The van der Waals surface area contributed by atoms with Crippen LogP contribution in [0.5, 0.6) is 0 Å². The molecule has 2 atom stereocenters. The van der Waals surface area contributed by atoms with E-state index in [9.17, 15) is 9.90 Å². The first-order valence-electron chi connectivity index (χ1n) is 6.85. The monoisotopic (exact) mass is 282 g/mol. The Morgan fingerprint density at radius 2 is 2.37 bits per heavy atom. The molecule has 1 aliphatic carbocycles. The maximum absolute atomic E-state index is 12.1. The number of amides is 2. The van der Waals surface area contributed by atoms with Crippen molar-refractivity contribution in [1.29, 1.82) is 0 Å². The van der Waals surface area contributed by atoms with Gasteiger partial charge in [-0.05, 0) is 36.6 Å². The molecule has 0 radical (unpaired) electrons. The number of thiophene rings is 1. The number of aliphatic hydroxyl groups is 1. The van der Waals surface area contributed by atoms with Crippen LogP contribution in [-0.4, -0.2) is 35.7 Å². The number of nitrogens with one attached hydrogen (secondary N) is 1. The number of carbonyl (C=O) groups excluding carboxylic acids is 1. The molecule has 0 spiro atoms. The Morgan fingerprint density at radius 3 is 2.89 bits per heavy atom. The Bertz CT molecular complexity index is 404. The van der Waals surface area contributed by atoms with Gasteiger partial charge >= 0.3 is 6.03 Å². The Labute approximate surface area is 118 Å². The lowest BCUT2D eigenvalue weighted by Crippen LogP contribution is -2.42. The quantitative estimate of drug-likeness (QED) is 0.842. The van der Waals surface area contributed by atoms with Crippen molar-refractivity contribution in [1.82, 2.24) is 10.2 Å². The minimum absolute atomic E-state index is 0.0630. The molecule has 106 valence electrons. The van der Waals surface area contributed by atoms with E-state index in [1.165, 1.54) is 4.88 Å². The second kappa shape index (κ2) is 6.39. The number of aliphatic hydroxyl groups excluding tert-OH is 1. The van der Waals surface area contributed by atoms with Gasteiger partial charge < -0.3 is 15.3 Å². The van der Waals surface area contributed by atoms with E-state index in [1.807, 2.05) is 17.5 Å². The highest BCUT2D eigenvalue weighted by Crippen LogP contribution is 2.32. The van der Waals surface area contributed by atoms with Crippen LogP contribution in [0.4, 0.5) is 4.79 Å². The lowest BCUT2D eigenvalue weighted by atomic mass is 10.2. The summed E-state index contributed by atoms with van der Waals surface area (Å²) < 4.78 is 0. The summed E-state index contributed by atoms with van der Waals surface area (Å²) >= 11 is 1.66. The molecular weight excluding hydrogens is 260 g/mol. The maximum Gasteiger partial charge on any atom is 0.317 e. The van der Waals surface area contributed by atoms with Crippen molar-refractivity contribution in [3.63, 3.8) is 0 Å². The Kier molecular flexibility index (Phi) is 4.82. The van der Waals surface area contributed by atoms with E-state index in [0.717, 1.165) is 19.3 Å². The third-order valence-electron chi connectivity index (χ3n) is 3.57. The number of likely N-dealkylation sites (N-methyl/N-ethyl adjacent to an activating group) is 1. The first kappa shape index (κ1) is 14.3. The molecule has 0 aliphatic heterocycles. The van der Waals surface area contributed by atoms with Crippen molar-refractivity contribution >= 4 is 17.4 Å². The molecule has 4 nitrogen and oxygen atoms in total. The van der Waals surface area contributed by atoms with Gasteiger partial charge in [0.2, 0.25) is 0 Å². The van der Waals surface area contributed by atoms with Gasteiger partial charge in [-0.3, -0.25) is 0 Å². The van der Waals surface area contributed by atoms with E-state index >= 15 is 0 Å². The number of carbonyl (C=O) groups is 1. The van der Waals surface area contributed by atoms with Gasteiger partial charge in [-0.2, -0.15) is 0 Å². The van der Waals surface area contributed by atoms with E-state index in [-0.39, 0.29) is 18.2 Å². The topological polar surface area (TPSA) is 52.6 Å². The van der Waals surface area contributed by atoms with E-state index in [4.69, 9.17) is 0 Å². The zero-order chi connectivity index (χ0) is 13.8. The summed E-state index contributed by atoms with van der Waals surface area (Å²) in [6.45, 7) is 2.47. The summed E-state index contributed by atoms with van der Waals surface area (Å²) in [5.41, 5.74) is 0. The molecule has 0 bridgehead atoms. The van der Waals surface area contributed by atoms with Crippen LogP contribution in [0.1, 0.15) is 37.1 Å². The fourth-order valence-electron chi connectivity index (χ4n) is 2.12. The molecule has 1 fully saturated rings. The van der Waals surface area contributed by atoms with Crippen LogP contribution in [0, 0.1) is 5.92 Å². The van der Waals surface area contributed by atoms with Crippen molar-refractivity contribution < 1.29 is 9.90 Å². The standard InChI is InChI=1S/C14H22N2O2S/c1-3-11(13-5-4-8-19-13)15-14(18)16(2)9-12(17)10-6-7-10/h4-5,8,10-12,17H,3,6-7,9H2,1-2H3,(H,15,18). The van der Waals surface area contributed by atoms with Crippen LogP contribution < -0.4 is 5.32 Å². The molecule has 0 saturated heterocycles. The fourth-order valence-corrected chi connectivity index (χ4v) is 2.98. The van der Waals surface area contributed by atoms with Gasteiger partial charge in [0.25, 0.3) is 0 Å². The van der Waals surface area contributed by atoms with Gasteiger partial charge in [0, 0.05) is 18.5 Å². The Balaban J connectivity index is 1.84. The summed E-state index contributed by atoms with van der Waals surface area (Å²) in [5, 5.41) is 14.9. The first-order chi connectivity index (χ1) is 9.11. The van der Waals surface area contributed by atoms with E-state index in [2.05, 4.69) is 12.2 Å². The van der Waals surface area contributed by atoms with Gasteiger partial charge in [0.1, 0.15) is 0 Å². The summed E-state index contributed by atoms with van der Waals surface area (Å²) in [6, 6.07) is 3.99. The van der Waals surface area contributed by atoms with E-state index in [0.29, 0.717) is 12.5 Å². The lowest BCUT2D eigenvalue weighted by Gasteiger charge is -2.24. The summed E-state index contributed by atoms with van der Waals surface area (Å²) in [7, 11) is 1.74. The van der Waals surface area contributed by atoms with Gasteiger partial charge in [0.05, 0.1) is 12.1 Å². The Hall–Kier alpha value is -1.07. The first-order valence-corrected chi connectivity index (χ1v) is 7.72. The normalized spacial score (nSPS) is 17.8. The summed E-state index contributed by atoms with van der Waals surface area (Å²) in [4.78, 5) is 14.9. The molecule has 1 heterocycles. The zero-order valence-electron chi connectivity index (χ0n) is 11.5. The predicted molar refractivity (Wildman–Crippen MR) is 77.2 cm³/mol. The number of urea groups is 1. The smallest absolute Gasteiger partial charge is 0.317 e. The third kappa shape index (κ3) is 3.94. The number of hydrogen-bond donors (Lipinski definition) is 2. The minimum Gasteiger partial charge on any atom is -0.391 e. The van der Waals surface area contributed by atoms with E-state index < -0.39 is 0 Å². The largest absolute Gasteiger partial charge is 0.391 e. The summed E-state index contributed by atoms with van der Waals surface area (Å²) in [5.74, 6) is 0.398. The molecule has 1 aliphatic rings. The highest BCUT2D eigenvalue weighted by atomic mass is 32.1.